The van der Waals surface area contributed by atoms with Gasteiger partial charge in [-0.05, 0) is 30.3 Å². The molecule has 5 heteroatoms. The fourth-order valence-electron chi connectivity index (χ4n) is 1.13. The van der Waals surface area contributed by atoms with Crippen molar-refractivity contribution >= 4 is 5.91 Å². The maximum absolute atomic E-state index is 12.2. The first-order chi connectivity index (χ1) is 7.95. The third-order valence-electron chi connectivity index (χ3n) is 1.98. The molecule has 2 nitrogen and oxygen atoms in total. The van der Waals surface area contributed by atoms with Crippen molar-refractivity contribution < 1.29 is 18.0 Å². The molecule has 0 heterocycles. The van der Waals surface area contributed by atoms with Gasteiger partial charge in [0.05, 0.1) is 5.56 Å². The number of alkyl halides is 3. The van der Waals surface area contributed by atoms with Crippen LogP contribution in [0.2, 0.25) is 0 Å². The summed E-state index contributed by atoms with van der Waals surface area (Å²) in [6.45, 7) is 3.55. The van der Waals surface area contributed by atoms with Gasteiger partial charge in [0.15, 0.2) is 0 Å². The highest BCUT2D eigenvalue weighted by Crippen LogP contribution is 2.28. The standard InChI is InChI=1S/C12H10F3NO/c1-2-3-8-16-11(17)9-4-6-10(7-5-9)12(13,14)15/h3-7H,1,8H2,(H,16,17). The van der Waals surface area contributed by atoms with Gasteiger partial charge in [0.2, 0.25) is 0 Å². The van der Waals surface area contributed by atoms with Crippen molar-refractivity contribution in [1.29, 1.82) is 0 Å². The molecule has 0 aromatic heterocycles. The zero-order valence-corrected chi connectivity index (χ0v) is 8.84. The topological polar surface area (TPSA) is 29.1 Å². The molecule has 1 amide bonds. The van der Waals surface area contributed by atoms with E-state index in [-0.39, 0.29) is 12.1 Å². The van der Waals surface area contributed by atoms with Crippen LogP contribution in [0, 0.1) is 0 Å². The van der Waals surface area contributed by atoms with Gasteiger partial charge in [-0.15, -0.1) is 5.73 Å². The highest BCUT2D eigenvalue weighted by molar-refractivity contribution is 5.94. The van der Waals surface area contributed by atoms with E-state index < -0.39 is 17.6 Å². The van der Waals surface area contributed by atoms with Crippen molar-refractivity contribution in [2.75, 3.05) is 6.54 Å². The van der Waals surface area contributed by atoms with Gasteiger partial charge in [0, 0.05) is 12.1 Å². The quantitative estimate of drug-likeness (QED) is 0.810. The first-order valence-corrected chi connectivity index (χ1v) is 4.75. The van der Waals surface area contributed by atoms with Crippen LogP contribution < -0.4 is 5.32 Å². The van der Waals surface area contributed by atoms with Gasteiger partial charge in [-0.25, -0.2) is 0 Å². The second-order valence-corrected chi connectivity index (χ2v) is 3.19. The van der Waals surface area contributed by atoms with E-state index in [1.807, 2.05) is 0 Å². The minimum Gasteiger partial charge on any atom is -0.348 e. The third kappa shape index (κ3) is 3.81. The number of nitrogens with one attached hydrogen (secondary N) is 1. The van der Waals surface area contributed by atoms with E-state index in [2.05, 4.69) is 17.6 Å². The first-order valence-electron chi connectivity index (χ1n) is 4.75. The molecule has 0 bridgehead atoms. The number of halogens is 3. The highest BCUT2D eigenvalue weighted by Gasteiger charge is 2.30. The molecule has 0 atom stereocenters. The first kappa shape index (κ1) is 13.1. The van der Waals surface area contributed by atoms with E-state index in [1.54, 1.807) is 0 Å². The summed E-state index contributed by atoms with van der Waals surface area (Å²) >= 11 is 0. The molecule has 0 spiro atoms. The van der Waals surface area contributed by atoms with E-state index in [4.69, 9.17) is 0 Å². The molecular weight excluding hydrogens is 231 g/mol. The van der Waals surface area contributed by atoms with Crippen LogP contribution in [-0.2, 0) is 6.18 Å². The Labute approximate surface area is 96.4 Å². The lowest BCUT2D eigenvalue weighted by molar-refractivity contribution is -0.137. The molecule has 0 saturated carbocycles. The summed E-state index contributed by atoms with van der Waals surface area (Å²) in [6, 6.07) is 4.02. The zero-order valence-electron chi connectivity index (χ0n) is 8.84. The summed E-state index contributed by atoms with van der Waals surface area (Å²) in [5.41, 5.74) is 1.86. The van der Waals surface area contributed by atoms with Crippen molar-refractivity contribution in [3.8, 4) is 0 Å². The van der Waals surface area contributed by atoms with Crippen molar-refractivity contribution in [2.45, 2.75) is 6.18 Å². The normalized spacial score (nSPS) is 10.5. The molecule has 0 aliphatic rings. The molecule has 1 aromatic carbocycles. The smallest absolute Gasteiger partial charge is 0.348 e. The fourth-order valence-corrected chi connectivity index (χ4v) is 1.13. The predicted octanol–water partition coefficient (Wildman–Crippen LogP) is 2.78. The molecule has 1 aromatic rings. The van der Waals surface area contributed by atoms with Crippen molar-refractivity contribution in [2.24, 2.45) is 0 Å². The summed E-state index contributed by atoms with van der Waals surface area (Å²) in [6.07, 6.45) is -2.89. The Balaban J connectivity index is 2.74. The maximum Gasteiger partial charge on any atom is 0.416 e. The lowest BCUT2D eigenvalue weighted by atomic mass is 10.1. The van der Waals surface area contributed by atoms with Gasteiger partial charge >= 0.3 is 6.18 Å². The molecule has 1 N–H and O–H groups in total. The Morgan fingerprint density at radius 3 is 2.41 bits per heavy atom. The average molecular weight is 241 g/mol. The summed E-state index contributed by atoms with van der Waals surface area (Å²) in [7, 11) is 0. The summed E-state index contributed by atoms with van der Waals surface area (Å²) in [5, 5.41) is 2.48. The van der Waals surface area contributed by atoms with E-state index >= 15 is 0 Å². The minimum atomic E-state index is -4.39. The number of carbonyl (C=O) groups is 1. The number of benzene rings is 1. The Morgan fingerprint density at radius 2 is 1.94 bits per heavy atom. The molecule has 0 unspecified atom stereocenters. The van der Waals surface area contributed by atoms with Crippen LogP contribution in [0.4, 0.5) is 13.2 Å². The van der Waals surface area contributed by atoms with Gasteiger partial charge < -0.3 is 5.32 Å². The Morgan fingerprint density at radius 1 is 1.35 bits per heavy atom. The van der Waals surface area contributed by atoms with Gasteiger partial charge in [-0.3, -0.25) is 4.79 Å². The van der Waals surface area contributed by atoms with Gasteiger partial charge in [-0.2, -0.15) is 13.2 Å². The molecule has 17 heavy (non-hydrogen) atoms. The average Bonchev–Trinajstić information content (AvgIpc) is 2.28. The molecular formula is C12H10F3NO. The Hall–Kier alpha value is -2.00. The van der Waals surface area contributed by atoms with Crippen molar-refractivity contribution in [3.63, 3.8) is 0 Å². The fraction of sp³-hybridized carbons (Fsp3) is 0.167. The predicted molar refractivity (Wildman–Crippen MR) is 57.5 cm³/mol. The SMILES string of the molecule is C=C=CCNC(=O)c1ccc(C(F)(F)F)cc1. The lowest BCUT2D eigenvalue weighted by Crippen LogP contribution is -2.23. The largest absolute Gasteiger partial charge is 0.416 e. The molecule has 0 saturated heterocycles. The molecule has 0 radical (unpaired) electrons. The minimum absolute atomic E-state index is 0.176. The van der Waals surface area contributed by atoms with Gasteiger partial charge in [-0.1, -0.05) is 6.58 Å². The van der Waals surface area contributed by atoms with E-state index in [1.165, 1.54) is 6.08 Å². The summed E-state index contributed by atoms with van der Waals surface area (Å²) in [4.78, 5) is 11.4. The van der Waals surface area contributed by atoms with E-state index in [0.29, 0.717) is 0 Å². The highest BCUT2D eigenvalue weighted by atomic mass is 19.4. The molecule has 0 aliphatic heterocycles. The van der Waals surface area contributed by atoms with Crippen molar-refractivity contribution in [3.05, 3.63) is 53.8 Å². The third-order valence-corrected chi connectivity index (χ3v) is 1.98. The van der Waals surface area contributed by atoms with Crippen LogP contribution in [0.3, 0.4) is 0 Å². The summed E-state index contributed by atoms with van der Waals surface area (Å²) < 4.78 is 36.7. The number of rotatable bonds is 3. The van der Waals surface area contributed by atoms with Crippen LogP contribution in [0.1, 0.15) is 15.9 Å². The second-order valence-electron chi connectivity index (χ2n) is 3.19. The van der Waals surface area contributed by atoms with Gasteiger partial charge in [0.1, 0.15) is 0 Å². The zero-order chi connectivity index (χ0) is 12.9. The molecule has 1 rings (SSSR count). The van der Waals surface area contributed by atoms with Crippen LogP contribution in [-0.4, -0.2) is 12.5 Å². The monoisotopic (exact) mass is 241 g/mol. The Kier molecular flexibility index (Phi) is 4.12. The number of hydrogen-bond acceptors (Lipinski definition) is 1. The number of carbonyl (C=O) groups excluding carboxylic acids is 1. The maximum atomic E-state index is 12.2. The molecule has 0 fully saturated rings. The number of amides is 1. The lowest BCUT2D eigenvalue weighted by Gasteiger charge is -2.07. The summed E-state index contributed by atoms with van der Waals surface area (Å²) in [5.74, 6) is -0.440. The van der Waals surface area contributed by atoms with Gasteiger partial charge in [0.25, 0.3) is 5.91 Å². The second kappa shape index (κ2) is 5.37. The van der Waals surface area contributed by atoms with Crippen LogP contribution in [0.5, 0.6) is 0 Å². The van der Waals surface area contributed by atoms with Crippen LogP contribution in [0.25, 0.3) is 0 Å². The molecule has 0 aliphatic carbocycles. The molecule has 90 valence electrons. The van der Waals surface area contributed by atoms with Crippen LogP contribution in [0.15, 0.2) is 42.7 Å². The van der Waals surface area contributed by atoms with Crippen LogP contribution >= 0.6 is 0 Å². The van der Waals surface area contributed by atoms with Crippen molar-refractivity contribution in [1.82, 2.24) is 5.32 Å². The van der Waals surface area contributed by atoms with E-state index in [0.717, 1.165) is 24.3 Å². The van der Waals surface area contributed by atoms with E-state index in [9.17, 15) is 18.0 Å². The number of hydrogen-bond donors (Lipinski definition) is 1. The Bertz CT molecular complexity index is 442.